The Kier molecular flexibility index (Phi) is 6.44. The molecule has 7 nitrogen and oxygen atoms in total. The number of carbonyl (C=O) groups is 1. The molecule has 1 N–H and O–H groups in total. The first-order chi connectivity index (χ1) is 12.2. The molecule has 26 heavy (non-hydrogen) atoms. The molecule has 1 aromatic heterocycles. The van der Waals surface area contributed by atoms with E-state index in [0.29, 0.717) is 35.2 Å². The molecule has 2 aromatic rings. The first-order valence-corrected chi connectivity index (χ1v) is 10.1. The van der Waals surface area contributed by atoms with Crippen molar-refractivity contribution in [3.63, 3.8) is 0 Å². The van der Waals surface area contributed by atoms with Gasteiger partial charge in [-0.1, -0.05) is 31.5 Å². The molecule has 0 aliphatic heterocycles. The van der Waals surface area contributed by atoms with Crippen molar-refractivity contribution in [3.8, 4) is 0 Å². The molecule has 0 aliphatic rings. The number of rotatable bonds is 7. The molecule has 0 unspecified atom stereocenters. The van der Waals surface area contributed by atoms with Gasteiger partial charge in [-0.25, -0.2) is 8.42 Å². The summed E-state index contributed by atoms with van der Waals surface area (Å²) in [5.41, 5.74) is 1.39. The third-order valence-corrected chi connectivity index (χ3v) is 6.56. The number of hydrogen-bond acceptors (Lipinski definition) is 4. The molecule has 0 fully saturated rings. The molecule has 0 spiro atoms. The maximum absolute atomic E-state index is 12.8. The molecule has 2 rings (SSSR count). The Bertz CT molecular complexity index is 905. The van der Waals surface area contributed by atoms with Crippen LogP contribution in [0.4, 0.5) is 5.69 Å². The second-order valence-corrected chi connectivity index (χ2v) is 8.12. The maximum atomic E-state index is 12.8. The van der Waals surface area contributed by atoms with Crippen molar-refractivity contribution in [2.45, 2.75) is 39.1 Å². The van der Waals surface area contributed by atoms with Gasteiger partial charge in [0.15, 0.2) is 0 Å². The number of nitrogens with one attached hydrogen (secondary N) is 1. The molecule has 142 valence electrons. The molecule has 1 amide bonds. The lowest BCUT2D eigenvalue weighted by Crippen LogP contribution is -2.31. The van der Waals surface area contributed by atoms with Crippen LogP contribution >= 0.6 is 11.6 Å². The van der Waals surface area contributed by atoms with Crippen LogP contribution in [0.25, 0.3) is 0 Å². The Balaban J connectivity index is 2.26. The lowest BCUT2D eigenvalue weighted by molar-refractivity contribution is -0.116. The second-order valence-electron chi connectivity index (χ2n) is 5.81. The maximum Gasteiger partial charge on any atom is 0.246 e. The molecule has 0 atom stereocenters. The molecular formula is C17H23ClN4O3S. The molecule has 0 bridgehead atoms. The number of carbonyl (C=O) groups excluding carboxylic acids is 1. The van der Waals surface area contributed by atoms with Crippen molar-refractivity contribution in [1.29, 1.82) is 0 Å². The fraction of sp³-hybridized carbons (Fsp3) is 0.412. The average Bonchev–Trinajstić information content (AvgIpc) is 2.82. The fourth-order valence-corrected chi connectivity index (χ4v) is 4.82. The van der Waals surface area contributed by atoms with Gasteiger partial charge < -0.3 is 5.32 Å². The zero-order valence-electron chi connectivity index (χ0n) is 15.3. The molecule has 9 heteroatoms. The predicted octanol–water partition coefficient (Wildman–Crippen LogP) is 2.82. The van der Waals surface area contributed by atoms with Crippen molar-refractivity contribution in [2.24, 2.45) is 0 Å². The van der Waals surface area contributed by atoms with Crippen LogP contribution in [-0.4, -0.2) is 41.5 Å². The van der Waals surface area contributed by atoms with E-state index in [-0.39, 0.29) is 17.3 Å². The van der Waals surface area contributed by atoms with Crippen LogP contribution in [0.1, 0.15) is 25.2 Å². The van der Waals surface area contributed by atoms with E-state index in [9.17, 15) is 13.2 Å². The van der Waals surface area contributed by atoms with Gasteiger partial charge in [0.1, 0.15) is 11.4 Å². The van der Waals surface area contributed by atoms with E-state index >= 15 is 0 Å². The van der Waals surface area contributed by atoms with E-state index in [0.717, 1.165) is 0 Å². The van der Waals surface area contributed by atoms with Crippen LogP contribution in [0.5, 0.6) is 0 Å². The zero-order chi connectivity index (χ0) is 19.5. The SMILES string of the molecule is CCN(CC)S(=O)(=O)c1c(C)nn(CC(=O)Nc2cccc(Cl)c2)c1C. The summed E-state index contributed by atoms with van der Waals surface area (Å²) in [4.78, 5) is 12.5. The van der Waals surface area contributed by atoms with Gasteiger partial charge >= 0.3 is 0 Å². The van der Waals surface area contributed by atoms with Gasteiger partial charge in [0.05, 0.1) is 11.4 Å². The summed E-state index contributed by atoms with van der Waals surface area (Å²) in [5, 5.41) is 7.49. The van der Waals surface area contributed by atoms with Crippen LogP contribution in [-0.2, 0) is 21.4 Å². The van der Waals surface area contributed by atoms with Crippen molar-refractivity contribution < 1.29 is 13.2 Å². The monoisotopic (exact) mass is 398 g/mol. The minimum absolute atomic E-state index is 0.0903. The van der Waals surface area contributed by atoms with Crippen molar-refractivity contribution in [1.82, 2.24) is 14.1 Å². The predicted molar refractivity (Wildman–Crippen MR) is 102 cm³/mol. The second kappa shape index (κ2) is 8.20. The van der Waals surface area contributed by atoms with Crippen molar-refractivity contribution in [2.75, 3.05) is 18.4 Å². The number of hydrogen-bond donors (Lipinski definition) is 1. The summed E-state index contributed by atoms with van der Waals surface area (Å²) in [7, 11) is -3.64. The number of amides is 1. The molecule has 0 aliphatic carbocycles. The van der Waals surface area contributed by atoms with Crippen LogP contribution in [0, 0.1) is 13.8 Å². The Hall–Kier alpha value is -1.90. The number of benzene rings is 1. The summed E-state index contributed by atoms with van der Waals surface area (Å²) in [5.74, 6) is -0.315. The molecule has 0 radical (unpaired) electrons. The van der Waals surface area contributed by atoms with Gasteiger partial charge in [0.2, 0.25) is 15.9 Å². The summed E-state index contributed by atoms with van der Waals surface area (Å²) < 4.78 is 28.4. The van der Waals surface area contributed by atoms with E-state index in [1.54, 1.807) is 52.0 Å². The lowest BCUT2D eigenvalue weighted by atomic mass is 10.3. The van der Waals surface area contributed by atoms with Gasteiger partial charge in [0, 0.05) is 23.8 Å². The van der Waals surface area contributed by atoms with Crippen LogP contribution in [0.3, 0.4) is 0 Å². The van der Waals surface area contributed by atoms with E-state index in [4.69, 9.17) is 11.6 Å². The molecule has 0 saturated heterocycles. The summed E-state index contributed by atoms with van der Waals surface area (Å²) >= 11 is 5.90. The van der Waals surface area contributed by atoms with Gasteiger partial charge in [-0.3, -0.25) is 9.48 Å². The largest absolute Gasteiger partial charge is 0.324 e. The van der Waals surface area contributed by atoms with E-state index in [1.807, 2.05) is 0 Å². The average molecular weight is 399 g/mol. The highest BCUT2D eigenvalue weighted by atomic mass is 35.5. The fourth-order valence-electron chi connectivity index (χ4n) is 2.80. The van der Waals surface area contributed by atoms with Gasteiger partial charge in [-0.2, -0.15) is 9.40 Å². The Labute approximate surface area is 159 Å². The van der Waals surface area contributed by atoms with Gasteiger partial charge in [0.25, 0.3) is 0 Å². The first-order valence-electron chi connectivity index (χ1n) is 8.30. The number of aryl methyl sites for hydroxylation is 1. The summed E-state index contributed by atoms with van der Waals surface area (Å²) in [6.45, 7) is 7.52. The first kappa shape index (κ1) is 20.4. The van der Waals surface area contributed by atoms with E-state index < -0.39 is 10.0 Å². The molecule has 1 aromatic carbocycles. The standard InChI is InChI=1S/C17H23ClN4O3S/c1-5-21(6-2)26(24,25)17-12(3)20-22(13(17)4)11-16(23)19-15-9-7-8-14(18)10-15/h7-10H,5-6,11H2,1-4H3,(H,19,23). The summed E-state index contributed by atoms with van der Waals surface area (Å²) in [6.07, 6.45) is 0. The third-order valence-electron chi connectivity index (χ3n) is 4.02. The van der Waals surface area contributed by atoms with Crippen LogP contribution in [0.2, 0.25) is 5.02 Å². The Morgan fingerprint density at radius 1 is 1.27 bits per heavy atom. The Morgan fingerprint density at radius 3 is 2.50 bits per heavy atom. The quantitative estimate of drug-likeness (QED) is 0.777. The topological polar surface area (TPSA) is 84.3 Å². The Morgan fingerprint density at radius 2 is 1.92 bits per heavy atom. The van der Waals surface area contributed by atoms with Crippen LogP contribution < -0.4 is 5.32 Å². The zero-order valence-corrected chi connectivity index (χ0v) is 16.9. The number of sulfonamides is 1. The highest BCUT2D eigenvalue weighted by Crippen LogP contribution is 2.23. The van der Waals surface area contributed by atoms with Crippen molar-refractivity contribution in [3.05, 3.63) is 40.7 Å². The highest BCUT2D eigenvalue weighted by molar-refractivity contribution is 7.89. The van der Waals surface area contributed by atoms with E-state index in [1.165, 1.54) is 8.99 Å². The normalized spacial score (nSPS) is 11.8. The summed E-state index contributed by atoms with van der Waals surface area (Å²) in [6, 6.07) is 6.80. The highest BCUT2D eigenvalue weighted by Gasteiger charge is 2.29. The number of anilines is 1. The third kappa shape index (κ3) is 4.25. The molecule has 1 heterocycles. The number of aromatic nitrogens is 2. The smallest absolute Gasteiger partial charge is 0.246 e. The van der Waals surface area contributed by atoms with Gasteiger partial charge in [-0.15, -0.1) is 0 Å². The number of nitrogens with zero attached hydrogens (tertiary/aromatic N) is 3. The van der Waals surface area contributed by atoms with Crippen molar-refractivity contribution >= 4 is 33.2 Å². The lowest BCUT2D eigenvalue weighted by Gasteiger charge is -2.18. The molecular weight excluding hydrogens is 376 g/mol. The molecule has 0 saturated carbocycles. The van der Waals surface area contributed by atoms with Crippen LogP contribution in [0.15, 0.2) is 29.2 Å². The minimum atomic E-state index is -3.64. The minimum Gasteiger partial charge on any atom is -0.324 e. The van der Waals surface area contributed by atoms with E-state index in [2.05, 4.69) is 10.4 Å². The van der Waals surface area contributed by atoms with Gasteiger partial charge in [-0.05, 0) is 32.0 Å². The number of halogens is 1.